The van der Waals surface area contributed by atoms with Gasteiger partial charge in [-0.2, -0.15) is 0 Å². The molecule has 0 bridgehead atoms. The Labute approximate surface area is 81.5 Å². The lowest BCUT2D eigenvalue weighted by Crippen LogP contribution is -1.90. The maximum atomic E-state index is 5.09. The van der Waals surface area contributed by atoms with Crippen LogP contribution in [0.4, 0.5) is 0 Å². The first-order valence-corrected chi connectivity index (χ1v) is 3.46. The summed E-state index contributed by atoms with van der Waals surface area (Å²) < 4.78 is 10.2. The van der Waals surface area contributed by atoms with Crippen molar-refractivity contribution in [3.63, 3.8) is 0 Å². The minimum atomic E-state index is 0. The zero-order valence-corrected chi connectivity index (χ0v) is 7.05. The first-order valence-electron chi connectivity index (χ1n) is 3.46. The third kappa shape index (κ3) is 3.36. The van der Waals surface area contributed by atoms with Gasteiger partial charge in [-0.15, -0.1) is 0 Å². The van der Waals surface area contributed by atoms with E-state index in [9.17, 15) is 0 Å². The summed E-state index contributed by atoms with van der Waals surface area (Å²) in [6, 6.07) is 5.83. The van der Waals surface area contributed by atoms with E-state index >= 15 is 0 Å². The molecule has 13 heavy (non-hydrogen) atoms. The number of hydrogen-bond donors (Lipinski definition) is 0. The van der Waals surface area contributed by atoms with E-state index in [4.69, 9.17) is 9.47 Å². The molecule has 0 unspecified atom stereocenters. The highest BCUT2D eigenvalue weighted by Gasteiger charge is 2.00. The quantitative estimate of drug-likeness (QED) is 0.702. The maximum Gasteiger partial charge on any atom is 0.160 e. The number of aryl methyl sites for hydroxylation is 1. The number of ether oxygens (including phenoxy) is 2. The van der Waals surface area contributed by atoms with Gasteiger partial charge in [-0.05, 0) is 24.6 Å². The monoisotopic (exact) mass is 184 g/mol. The van der Waals surface area contributed by atoms with Crippen molar-refractivity contribution in [2.24, 2.45) is 0 Å². The molecule has 0 fully saturated rings. The Bertz CT molecular complexity index is 244. The van der Waals surface area contributed by atoms with Crippen LogP contribution >= 0.6 is 0 Å². The van der Waals surface area contributed by atoms with Crippen LogP contribution < -0.4 is 9.47 Å². The smallest absolute Gasteiger partial charge is 0.160 e. The summed E-state index contributed by atoms with van der Waals surface area (Å²) in [5.74, 6) is 1.56. The molecule has 0 saturated carbocycles. The lowest BCUT2D eigenvalue weighted by Gasteiger charge is -2.06. The summed E-state index contributed by atoms with van der Waals surface area (Å²) in [7, 11) is 3.27. The molecule has 0 saturated heterocycles. The average Bonchev–Trinajstić information content (AvgIpc) is 2.04. The zero-order chi connectivity index (χ0) is 8.27. The van der Waals surface area contributed by atoms with Gasteiger partial charge in [-0.25, -0.2) is 0 Å². The third-order valence-corrected chi connectivity index (χ3v) is 1.54. The molecule has 0 amide bonds. The lowest BCUT2D eigenvalue weighted by molar-refractivity contribution is 0.354. The first kappa shape index (κ1) is 14.3. The van der Waals surface area contributed by atoms with E-state index in [1.807, 2.05) is 25.1 Å². The summed E-state index contributed by atoms with van der Waals surface area (Å²) in [6.45, 7) is 2.02. The first-order chi connectivity index (χ1) is 5.27. The molecule has 0 aromatic heterocycles. The molecule has 2 nitrogen and oxygen atoms in total. The average molecular weight is 184 g/mol. The van der Waals surface area contributed by atoms with Crippen molar-refractivity contribution in [1.82, 2.24) is 0 Å². The van der Waals surface area contributed by atoms with Crippen LogP contribution in [0.1, 0.15) is 20.4 Å². The summed E-state index contributed by atoms with van der Waals surface area (Å²) in [5.41, 5.74) is 1.17. The van der Waals surface area contributed by atoms with Crippen molar-refractivity contribution in [3.05, 3.63) is 23.8 Å². The molecule has 1 aromatic rings. The highest BCUT2D eigenvalue weighted by atomic mass is 16.5. The third-order valence-electron chi connectivity index (χ3n) is 1.54. The van der Waals surface area contributed by atoms with Gasteiger partial charge in [-0.1, -0.05) is 20.9 Å². The summed E-state index contributed by atoms with van der Waals surface area (Å²) in [5, 5.41) is 0. The molecule has 1 rings (SSSR count). The second kappa shape index (κ2) is 6.35. The topological polar surface area (TPSA) is 18.5 Å². The molecule has 76 valence electrons. The Hall–Kier alpha value is -1.18. The van der Waals surface area contributed by atoms with E-state index in [1.165, 1.54) is 5.56 Å². The van der Waals surface area contributed by atoms with Crippen molar-refractivity contribution in [2.75, 3.05) is 14.2 Å². The zero-order valence-electron chi connectivity index (χ0n) is 7.05. The van der Waals surface area contributed by atoms with Gasteiger partial charge in [-0.3, -0.25) is 0 Å². The van der Waals surface area contributed by atoms with Gasteiger partial charge in [0.2, 0.25) is 0 Å². The van der Waals surface area contributed by atoms with Gasteiger partial charge in [0.05, 0.1) is 14.2 Å². The van der Waals surface area contributed by atoms with Crippen LogP contribution in [0, 0.1) is 6.92 Å². The molecular formula is C11H20O2. The minimum absolute atomic E-state index is 0. The van der Waals surface area contributed by atoms with Crippen LogP contribution in [0.2, 0.25) is 0 Å². The highest BCUT2D eigenvalue weighted by Crippen LogP contribution is 2.26. The van der Waals surface area contributed by atoms with E-state index in [-0.39, 0.29) is 14.9 Å². The molecule has 0 heterocycles. The molecule has 0 atom stereocenters. The predicted molar refractivity (Wildman–Crippen MR) is 57.7 cm³/mol. The molecule has 1 aromatic carbocycles. The Kier molecular flexibility index (Phi) is 7.01. The van der Waals surface area contributed by atoms with Gasteiger partial charge in [0, 0.05) is 0 Å². The molecule has 0 aliphatic heterocycles. The minimum Gasteiger partial charge on any atom is -0.493 e. The molecule has 0 radical (unpaired) electrons. The SMILES string of the molecule is C.C.COc1ccc(C)cc1OC. The molecule has 0 spiro atoms. The standard InChI is InChI=1S/C9H12O2.2CH4/c1-7-4-5-8(10-2)9(6-7)11-3;;/h4-6H,1-3H3;2*1H4. The molecule has 2 heteroatoms. The fraction of sp³-hybridized carbons (Fsp3) is 0.455. The summed E-state index contributed by atoms with van der Waals surface area (Å²) in [4.78, 5) is 0. The van der Waals surface area contributed by atoms with Crippen LogP contribution in [0.3, 0.4) is 0 Å². The van der Waals surface area contributed by atoms with Gasteiger partial charge in [0.25, 0.3) is 0 Å². The number of rotatable bonds is 2. The van der Waals surface area contributed by atoms with Crippen molar-refractivity contribution in [2.45, 2.75) is 21.8 Å². The van der Waals surface area contributed by atoms with Gasteiger partial charge in [0.15, 0.2) is 11.5 Å². The van der Waals surface area contributed by atoms with Crippen molar-refractivity contribution in [3.8, 4) is 11.5 Å². The van der Waals surface area contributed by atoms with Crippen LogP contribution in [-0.2, 0) is 0 Å². The molecule has 0 N–H and O–H groups in total. The van der Waals surface area contributed by atoms with Crippen molar-refractivity contribution < 1.29 is 9.47 Å². The fourth-order valence-corrected chi connectivity index (χ4v) is 0.943. The lowest BCUT2D eigenvalue weighted by atomic mass is 10.2. The van der Waals surface area contributed by atoms with E-state index in [0.717, 1.165) is 11.5 Å². The van der Waals surface area contributed by atoms with Crippen molar-refractivity contribution >= 4 is 0 Å². The van der Waals surface area contributed by atoms with E-state index in [1.54, 1.807) is 14.2 Å². The van der Waals surface area contributed by atoms with E-state index < -0.39 is 0 Å². The van der Waals surface area contributed by atoms with Crippen LogP contribution in [0.15, 0.2) is 18.2 Å². The number of methoxy groups -OCH3 is 2. The molecular weight excluding hydrogens is 164 g/mol. The summed E-state index contributed by atoms with van der Waals surface area (Å²) >= 11 is 0. The van der Waals surface area contributed by atoms with E-state index in [0.29, 0.717) is 0 Å². The van der Waals surface area contributed by atoms with Gasteiger partial charge in [0.1, 0.15) is 0 Å². The second-order valence-corrected chi connectivity index (χ2v) is 2.36. The van der Waals surface area contributed by atoms with E-state index in [2.05, 4.69) is 0 Å². The Morgan fingerprint density at radius 3 is 1.92 bits per heavy atom. The predicted octanol–water partition coefficient (Wildman–Crippen LogP) is 3.28. The van der Waals surface area contributed by atoms with Crippen LogP contribution in [0.5, 0.6) is 11.5 Å². The van der Waals surface area contributed by atoms with Crippen molar-refractivity contribution in [1.29, 1.82) is 0 Å². The highest BCUT2D eigenvalue weighted by molar-refractivity contribution is 5.42. The normalized spacial score (nSPS) is 7.92. The molecule has 0 aliphatic rings. The van der Waals surface area contributed by atoms with Crippen LogP contribution in [0.25, 0.3) is 0 Å². The number of benzene rings is 1. The Morgan fingerprint density at radius 1 is 0.923 bits per heavy atom. The molecule has 0 aliphatic carbocycles. The van der Waals surface area contributed by atoms with Crippen LogP contribution in [-0.4, -0.2) is 14.2 Å². The number of hydrogen-bond acceptors (Lipinski definition) is 2. The summed E-state index contributed by atoms with van der Waals surface area (Å²) in [6.07, 6.45) is 0. The van der Waals surface area contributed by atoms with Gasteiger partial charge < -0.3 is 9.47 Å². The maximum absolute atomic E-state index is 5.09. The Balaban J connectivity index is 0. The largest absolute Gasteiger partial charge is 0.493 e. The van der Waals surface area contributed by atoms with Gasteiger partial charge >= 0.3 is 0 Å². The second-order valence-electron chi connectivity index (χ2n) is 2.36. The fourth-order valence-electron chi connectivity index (χ4n) is 0.943. The Morgan fingerprint density at radius 2 is 1.46 bits per heavy atom.